The van der Waals surface area contributed by atoms with Crippen LogP contribution in [0.25, 0.3) is 22.6 Å². The molecule has 7 nitrogen and oxygen atoms in total. The van der Waals surface area contributed by atoms with Crippen molar-refractivity contribution in [1.82, 2.24) is 14.8 Å². The van der Waals surface area contributed by atoms with E-state index in [-0.39, 0.29) is 11.5 Å². The van der Waals surface area contributed by atoms with E-state index in [1.165, 1.54) is 35.9 Å². The first-order valence-corrected chi connectivity index (χ1v) is 7.79. The van der Waals surface area contributed by atoms with E-state index in [0.29, 0.717) is 16.8 Å². The van der Waals surface area contributed by atoms with Crippen LogP contribution in [0, 0.1) is 5.82 Å². The molecule has 2 heterocycles. The standard InChI is InChI=1S/C18H13FN4O3/c1-18(17(25)26)21-13-5-3-2-4-12(13)15-20-16(24)14(22-23(15)18)10-6-8-11(19)9-7-10/h2-9,21H,1H3,(H,25,26). The second kappa shape index (κ2) is 5.48. The maximum absolute atomic E-state index is 13.2. The van der Waals surface area contributed by atoms with Gasteiger partial charge < -0.3 is 10.4 Å². The van der Waals surface area contributed by atoms with Gasteiger partial charge in [-0.15, -0.1) is 0 Å². The molecule has 1 aromatic heterocycles. The van der Waals surface area contributed by atoms with Crippen LogP contribution < -0.4 is 10.9 Å². The first kappa shape index (κ1) is 15.9. The smallest absolute Gasteiger partial charge is 0.352 e. The van der Waals surface area contributed by atoms with Crippen LogP contribution in [0.15, 0.2) is 53.3 Å². The van der Waals surface area contributed by atoms with Gasteiger partial charge in [-0.1, -0.05) is 12.1 Å². The van der Waals surface area contributed by atoms with E-state index in [0.717, 1.165) is 0 Å². The predicted octanol–water partition coefficient (Wildman–Crippen LogP) is 2.29. The number of carbonyl (C=O) groups is 1. The SMILES string of the molecule is CC1(C(=O)O)Nc2ccccc2-c2nc(=O)c(-c3ccc(F)cc3)nn21. The fourth-order valence-electron chi connectivity index (χ4n) is 2.91. The van der Waals surface area contributed by atoms with Crippen molar-refractivity contribution in [3.05, 3.63) is 64.7 Å². The third-order valence-corrected chi connectivity index (χ3v) is 4.31. The van der Waals surface area contributed by atoms with E-state index in [9.17, 15) is 19.1 Å². The molecular formula is C18H13FN4O3. The van der Waals surface area contributed by atoms with Crippen molar-refractivity contribution in [2.24, 2.45) is 0 Å². The lowest BCUT2D eigenvalue weighted by atomic mass is 10.0. The van der Waals surface area contributed by atoms with E-state index in [1.54, 1.807) is 24.3 Å². The topological polar surface area (TPSA) is 97.1 Å². The predicted molar refractivity (Wildman–Crippen MR) is 92.0 cm³/mol. The molecule has 1 aliphatic rings. The van der Waals surface area contributed by atoms with E-state index in [4.69, 9.17) is 0 Å². The third-order valence-electron chi connectivity index (χ3n) is 4.31. The Hall–Kier alpha value is -3.55. The number of aliphatic carboxylic acids is 1. The molecule has 0 spiro atoms. The Bertz CT molecular complexity index is 1090. The molecule has 0 aliphatic carbocycles. The maximum Gasteiger partial charge on any atom is 0.352 e. The van der Waals surface area contributed by atoms with Gasteiger partial charge >= 0.3 is 5.97 Å². The normalized spacial score (nSPS) is 17.8. The first-order chi connectivity index (χ1) is 12.4. The third kappa shape index (κ3) is 2.26. The monoisotopic (exact) mass is 352 g/mol. The highest BCUT2D eigenvalue weighted by Crippen LogP contribution is 2.36. The highest BCUT2D eigenvalue weighted by molar-refractivity contribution is 5.87. The van der Waals surface area contributed by atoms with Gasteiger partial charge in [-0.25, -0.2) is 13.9 Å². The molecule has 0 saturated heterocycles. The number of hydrogen-bond acceptors (Lipinski definition) is 5. The number of anilines is 1. The summed E-state index contributed by atoms with van der Waals surface area (Å²) in [5, 5.41) is 17.0. The average molecular weight is 352 g/mol. The van der Waals surface area contributed by atoms with Gasteiger partial charge in [-0.3, -0.25) is 4.79 Å². The minimum absolute atomic E-state index is 0.0533. The number of halogens is 1. The minimum atomic E-state index is -1.64. The zero-order valence-electron chi connectivity index (χ0n) is 13.6. The van der Waals surface area contributed by atoms with Crippen LogP contribution >= 0.6 is 0 Å². The summed E-state index contributed by atoms with van der Waals surface area (Å²) >= 11 is 0. The van der Waals surface area contributed by atoms with Gasteiger partial charge in [-0.2, -0.15) is 10.1 Å². The second-order valence-electron chi connectivity index (χ2n) is 6.06. The van der Waals surface area contributed by atoms with Crippen molar-refractivity contribution in [3.8, 4) is 22.6 Å². The van der Waals surface area contributed by atoms with Crippen LogP contribution in [0.3, 0.4) is 0 Å². The molecule has 1 aliphatic heterocycles. The number of aromatic nitrogens is 3. The number of hydrogen-bond donors (Lipinski definition) is 2. The van der Waals surface area contributed by atoms with Gasteiger partial charge in [0, 0.05) is 16.8 Å². The summed E-state index contributed by atoms with van der Waals surface area (Å²) in [5.74, 6) is -1.48. The lowest BCUT2D eigenvalue weighted by Crippen LogP contribution is -2.51. The van der Waals surface area contributed by atoms with Gasteiger partial charge in [0.15, 0.2) is 11.5 Å². The van der Waals surface area contributed by atoms with Gasteiger partial charge in [0.2, 0.25) is 5.66 Å². The molecule has 1 unspecified atom stereocenters. The van der Waals surface area contributed by atoms with Crippen LogP contribution in [0.2, 0.25) is 0 Å². The Morgan fingerprint density at radius 1 is 1.19 bits per heavy atom. The Balaban J connectivity index is 2.02. The molecule has 1 atom stereocenters. The zero-order valence-corrected chi connectivity index (χ0v) is 13.6. The van der Waals surface area contributed by atoms with Crippen molar-refractivity contribution in [2.75, 3.05) is 5.32 Å². The number of benzene rings is 2. The first-order valence-electron chi connectivity index (χ1n) is 7.79. The number of carboxylic acid groups (broad SMARTS) is 1. The molecule has 130 valence electrons. The maximum atomic E-state index is 13.2. The molecule has 0 bridgehead atoms. The molecule has 2 aromatic carbocycles. The summed E-state index contributed by atoms with van der Waals surface area (Å²) in [7, 11) is 0. The molecule has 0 radical (unpaired) electrons. The Morgan fingerprint density at radius 2 is 1.88 bits per heavy atom. The Kier molecular flexibility index (Phi) is 3.36. The number of fused-ring (bicyclic) bond motifs is 3. The number of carboxylic acids is 1. The van der Waals surface area contributed by atoms with Crippen LogP contribution in [0.1, 0.15) is 6.92 Å². The van der Waals surface area contributed by atoms with Crippen LogP contribution in [0.5, 0.6) is 0 Å². The fourth-order valence-corrected chi connectivity index (χ4v) is 2.91. The van der Waals surface area contributed by atoms with Crippen LogP contribution in [-0.2, 0) is 10.5 Å². The lowest BCUT2D eigenvalue weighted by Gasteiger charge is -2.35. The molecule has 8 heteroatoms. The van der Waals surface area contributed by atoms with Crippen molar-refractivity contribution in [1.29, 1.82) is 0 Å². The zero-order chi connectivity index (χ0) is 18.5. The number of para-hydroxylation sites is 1. The highest BCUT2D eigenvalue weighted by Gasteiger charge is 2.42. The molecule has 26 heavy (non-hydrogen) atoms. The van der Waals surface area contributed by atoms with Crippen molar-refractivity contribution >= 4 is 11.7 Å². The molecule has 0 fully saturated rings. The van der Waals surface area contributed by atoms with Crippen LogP contribution in [-0.4, -0.2) is 25.8 Å². The van der Waals surface area contributed by atoms with Crippen LogP contribution in [0.4, 0.5) is 10.1 Å². The molecule has 2 N–H and O–H groups in total. The molecule has 0 saturated carbocycles. The summed E-state index contributed by atoms with van der Waals surface area (Å²) in [6.45, 7) is 1.43. The van der Waals surface area contributed by atoms with Gasteiger partial charge in [0.1, 0.15) is 5.82 Å². The summed E-state index contributed by atoms with van der Waals surface area (Å²) in [6, 6.07) is 12.1. The summed E-state index contributed by atoms with van der Waals surface area (Å²) < 4.78 is 14.3. The van der Waals surface area contributed by atoms with Gasteiger partial charge in [0.25, 0.3) is 5.56 Å². The lowest BCUT2D eigenvalue weighted by molar-refractivity contribution is -0.145. The van der Waals surface area contributed by atoms with E-state index < -0.39 is 23.0 Å². The Labute approximate surface area is 146 Å². The number of rotatable bonds is 2. The van der Waals surface area contributed by atoms with E-state index >= 15 is 0 Å². The minimum Gasteiger partial charge on any atom is -0.478 e. The highest BCUT2D eigenvalue weighted by atomic mass is 19.1. The van der Waals surface area contributed by atoms with E-state index in [2.05, 4.69) is 15.4 Å². The average Bonchev–Trinajstić information content (AvgIpc) is 2.62. The molecular weight excluding hydrogens is 339 g/mol. The summed E-state index contributed by atoms with van der Waals surface area (Å²) in [5.41, 5.74) is -0.846. The molecule has 4 rings (SSSR count). The van der Waals surface area contributed by atoms with E-state index in [1.807, 2.05) is 0 Å². The van der Waals surface area contributed by atoms with Crippen molar-refractivity contribution in [3.63, 3.8) is 0 Å². The number of nitrogens with zero attached hydrogens (tertiary/aromatic N) is 3. The summed E-state index contributed by atoms with van der Waals surface area (Å²) in [4.78, 5) is 28.5. The largest absolute Gasteiger partial charge is 0.478 e. The van der Waals surface area contributed by atoms with Gasteiger partial charge in [-0.05, 0) is 43.3 Å². The van der Waals surface area contributed by atoms with Gasteiger partial charge in [0.05, 0.1) is 0 Å². The second-order valence-corrected chi connectivity index (χ2v) is 6.06. The Morgan fingerprint density at radius 3 is 2.58 bits per heavy atom. The number of nitrogens with one attached hydrogen (secondary N) is 1. The van der Waals surface area contributed by atoms with Crippen molar-refractivity contribution in [2.45, 2.75) is 12.6 Å². The van der Waals surface area contributed by atoms with Crippen molar-refractivity contribution < 1.29 is 14.3 Å². The quantitative estimate of drug-likeness (QED) is 0.734. The summed E-state index contributed by atoms with van der Waals surface area (Å²) in [6.07, 6.45) is 0. The fraction of sp³-hybridized carbons (Fsp3) is 0.111. The molecule has 0 amide bonds. The molecule has 3 aromatic rings.